The SMILES string of the molecule is CCCOC(=O)c1ccc(OCC(=O)NN=Cc2ccc(Br)cc2)cc1. The van der Waals surface area contributed by atoms with E-state index in [1.807, 2.05) is 31.2 Å². The van der Waals surface area contributed by atoms with Crippen molar-refractivity contribution in [1.29, 1.82) is 0 Å². The molecule has 0 unspecified atom stereocenters. The summed E-state index contributed by atoms with van der Waals surface area (Å²) in [5, 5.41) is 3.87. The van der Waals surface area contributed by atoms with Crippen LogP contribution in [0.2, 0.25) is 0 Å². The van der Waals surface area contributed by atoms with Crippen LogP contribution in [0.1, 0.15) is 29.3 Å². The maximum atomic E-state index is 11.7. The second-order valence-electron chi connectivity index (χ2n) is 5.29. The van der Waals surface area contributed by atoms with Gasteiger partial charge in [0.15, 0.2) is 6.61 Å². The van der Waals surface area contributed by atoms with E-state index in [0.717, 1.165) is 16.5 Å². The van der Waals surface area contributed by atoms with E-state index < -0.39 is 0 Å². The Kier molecular flexibility index (Phi) is 7.82. The molecule has 0 radical (unpaired) electrons. The average Bonchev–Trinajstić information content (AvgIpc) is 2.66. The van der Waals surface area contributed by atoms with Gasteiger partial charge in [-0.3, -0.25) is 4.79 Å². The van der Waals surface area contributed by atoms with Gasteiger partial charge < -0.3 is 9.47 Å². The molecule has 1 amide bonds. The smallest absolute Gasteiger partial charge is 0.338 e. The van der Waals surface area contributed by atoms with Gasteiger partial charge in [-0.1, -0.05) is 35.0 Å². The molecule has 6 nitrogen and oxygen atoms in total. The lowest BCUT2D eigenvalue weighted by atomic mass is 10.2. The molecule has 0 saturated carbocycles. The van der Waals surface area contributed by atoms with Crippen LogP contribution in [0.15, 0.2) is 58.1 Å². The number of benzene rings is 2. The first-order chi connectivity index (χ1) is 12.6. The van der Waals surface area contributed by atoms with Crippen molar-refractivity contribution in [3.8, 4) is 5.75 Å². The van der Waals surface area contributed by atoms with E-state index in [1.54, 1.807) is 30.5 Å². The number of nitrogens with one attached hydrogen (secondary N) is 1. The quantitative estimate of drug-likeness (QED) is 0.404. The molecule has 0 aromatic heterocycles. The molecule has 0 aliphatic carbocycles. The zero-order chi connectivity index (χ0) is 18.8. The Morgan fingerprint density at radius 3 is 2.46 bits per heavy atom. The standard InChI is InChI=1S/C19H19BrN2O4/c1-2-11-25-19(24)15-5-9-17(10-6-15)26-13-18(23)22-21-12-14-3-7-16(20)8-4-14/h3-10,12H,2,11,13H2,1H3,(H,22,23). The molecule has 0 saturated heterocycles. The van der Waals surface area contributed by atoms with Crippen LogP contribution in [0.3, 0.4) is 0 Å². The van der Waals surface area contributed by atoms with Gasteiger partial charge >= 0.3 is 5.97 Å². The van der Waals surface area contributed by atoms with E-state index in [9.17, 15) is 9.59 Å². The Morgan fingerprint density at radius 2 is 1.81 bits per heavy atom. The summed E-state index contributed by atoms with van der Waals surface area (Å²) in [5.41, 5.74) is 3.69. The van der Waals surface area contributed by atoms with Gasteiger partial charge in [0, 0.05) is 4.47 Å². The molecule has 0 atom stereocenters. The maximum Gasteiger partial charge on any atom is 0.338 e. The van der Waals surface area contributed by atoms with Crippen LogP contribution in [0.25, 0.3) is 0 Å². The predicted molar refractivity (Wildman–Crippen MR) is 102 cm³/mol. The number of carbonyl (C=O) groups is 2. The van der Waals surface area contributed by atoms with Crippen molar-refractivity contribution in [3.05, 3.63) is 64.1 Å². The highest BCUT2D eigenvalue weighted by atomic mass is 79.9. The molecular formula is C19H19BrN2O4. The third-order valence-electron chi connectivity index (χ3n) is 3.17. The maximum absolute atomic E-state index is 11.7. The van der Waals surface area contributed by atoms with Crippen molar-refractivity contribution in [2.45, 2.75) is 13.3 Å². The van der Waals surface area contributed by atoms with Gasteiger partial charge in [-0.15, -0.1) is 0 Å². The lowest BCUT2D eigenvalue weighted by Crippen LogP contribution is -2.24. The van der Waals surface area contributed by atoms with Gasteiger partial charge in [0.05, 0.1) is 18.4 Å². The predicted octanol–water partition coefficient (Wildman–Crippen LogP) is 3.55. The van der Waals surface area contributed by atoms with Gasteiger partial charge in [-0.25, -0.2) is 10.2 Å². The van der Waals surface area contributed by atoms with Crippen LogP contribution in [0.5, 0.6) is 5.75 Å². The minimum Gasteiger partial charge on any atom is -0.484 e. The van der Waals surface area contributed by atoms with Crippen LogP contribution in [-0.4, -0.2) is 31.3 Å². The van der Waals surface area contributed by atoms with Crippen molar-refractivity contribution in [3.63, 3.8) is 0 Å². The molecule has 0 heterocycles. The highest BCUT2D eigenvalue weighted by molar-refractivity contribution is 9.10. The molecule has 0 aliphatic heterocycles. The van der Waals surface area contributed by atoms with Crippen LogP contribution in [0.4, 0.5) is 0 Å². The number of hydrogen-bond acceptors (Lipinski definition) is 5. The third kappa shape index (κ3) is 6.68. The molecule has 136 valence electrons. The number of esters is 1. The number of ether oxygens (including phenoxy) is 2. The third-order valence-corrected chi connectivity index (χ3v) is 3.70. The van der Waals surface area contributed by atoms with E-state index in [-0.39, 0.29) is 18.5 Å². The fourth-order valence-electron chi connectivity index (χ4n) is 1.87. The zero-order valence-corrected chi connectivity index (χ0v) is 15.9. The lowest BCUT2D eigenvalue weighted by molar-refractivity contribution is -0.123. The average molecular weight is 419 g/mol. The molecule has 0 spiro atoms. The summed E-state index contributed by atoms with van der Waals surface area (Å²) < 4.78 is 11.4. The van der Waals surface area contributed by atoms with Crippen LogP contribution in [-0.2, 0) is 9.53 Å². The molecule has 0 bridgehead atoms. The topological polar surface area (TPSA) is 77.0 Å². The van der Waals surface area contributed by atoms with E-state index in [1.165, 1.54) is 0 Å². The first-order valence-electron chi connectivity index (χ1n) is 8.06. The minimum absolute atomic E-state index is 0.183. The normalized spacial score (nSPS) is 10.5. The van der Waals surface area contributed by atoms with Crippen molar-refractivity contribution in [2.75, 3.05) is 13.2 Å². The van der Waals surface area contributed by atoms with E-state index in [2.05, 4.69) is 26.5 Å². The highest BCUT2D eigenvalue weighted by Crippen LogP contribution is 2.13. The summed E-state index contributed by atoms with van der Waals surface area (Å²) in [4.78, 5) is 23.4. The Morgan fingerprint density at radius 1 is 1.12 bits per heavy atom. The Labute approximate surface area is 160 Å². The minimum atomic E-state index is -0.384. The number of hydrazone groups is 1. The van der Waals surface area contributed by atoms with Gasteiger partial charge in [-0.2, -0.15) is 5.10 Å². The summed E-state index contributed by atoms with van der Waals surface area (Å²) in [6.45, 7) is 2.13. The molecular weight excluding hydrogens is 400 g/mol. The van der Waals surface area contributed by atoms with E-state index in [4.69, 9.17) is 9.47 Å². The first-order valence-corrected chi connectivity index (χ1v) is 8.85. The van der Waals surface area contributed by atoms with Crippen molar-refractivity contribution >= 4 is 34.0 Å². The molecule has 0 fully saturated rings. The molecule has 0 aliphatic rings. The number of carbonyl (C=O) groups excluding carboxylic acids is 2. The molecule has 1 N–H and O–H groups in total. The lowest BCUT2D eigenvalue weighted by Gasteiger charge is -2.06. The number of halogens is 1. The van der Waals surface area contributed by atoms with Crippen LogP contribution < -0.4 is 10.2 Å². The second kappa shape index (κ2) is 10.4. The summed E-state index contributed by atoms with van der Waals surface area (Å²) >= 11 is 3.35. The molecule has 2 rings (SSSR count). The number of rotatable bonds is 8. The van der Waals surface area contributed by atoms with Gasteiger partial charge in [-0.05, 0) is 48.4 Å². The van der Waals surface area contributed by atoms with Crippen molar-refractivity contribution in [1.82, 2.24) is 5.43 Å². The summed E-state index contributed by atoms with van der Waals surface area (Å²) in [7, 11) is 0. The van der Waals surface area contributed by atoms with Crippen LogP contribution >= 0.6 is 15.9 Å². The van der Waals surface area contributed by atoms with Gasteiger partial charge in [0.1, 0.15) is 5.75 Å². The summed E-state index contributed by atoms with van der Waals surface area (Å²) in [5.74, 6) is -0.285. The largest absolute Gasteiger partial charge is 0.484 e. The molecule has 2 aromatic rings. The number of nitrogens with zero attached hydrogens (tertiary/aromatic N) is 1. The number of hydrogen-bond donors (Lipinski definition) is 1. The van der Waals surface area contributed by atoms with Gasteiger partial charge in [0.25, 0.3) is 5.91 Å². The summed E-state index contributed by atoms with van der Waals surface area (Å²) in [6, 6.07) is 13.9. The van der Waals surface area contributed by atoms with Crippen molar-refractivity contribution < 1.29 is 19.1 Å². The molecule has 7 heteroatoms. The Bertz CT molecular complexity index is 758. The van der Waals surface area contributed by atoms with Gasteiger partial charge in [0.2, 0.25) is 0 Å². The second-order valence-corrected chi connectivity index (χ2v) is 6.21. The van der Waals surface area contributed by atoms with E-state index >= 15 is 0 Å². The van der Waals surface area contributed by atoms with Crippen LogP contribution in [0, 0.1) is 0 Å². The first kappa shape index (κ1) is 19.7. The fourth-order valence-corrected chi connectivity index (χ4v) is 2.14. The highest BCUT2D eigenvalue weighted by Gasteiger charge is 2.07. The number of amides is 1. The zero-order valence-electron chi connectivity index (χ0n) is 14.3. The van der Waals surface area contributed by atoms with Crippen molar-refractivity contribution in [2.24, 2.45) is 5.10 Å². The molecule has 26 heavy (non-hydrogen) atoms. The Hall–Kier alpha value is -2.67. The summed E-state index contributed by atoms with van der Waals surface area (Å²) in [6.07, 6.45) is 2.31. The fraction of sp³-hybridized carbons (Fsp3) is 0.211. The molecule has 2 aromatic carbocycles. The van der Waals surface area contributed by atoms with E-state index in [0.29, 0.717) is 17.9 Å². The monoisotopic (exact) mass is 418 g/mol. The Balaban J connectivity index is 1.76.